The van der Waals surface area contributed by atoms with Gasteiger partial charge in [-0.2, -0.15) is 5.26 Å². The molecule has 0 aliphatic carbocycles. The van der Waals surface area contributed by atoms with Crippen molar-refractivity contribution < 1.29 is 9.59 Å². The van der Waals surface area contributed by atoms with Crippen molar-refractivity contribution in [3.63, 3.8) is 0 Å². The van der Waals surface area contributed by atoms with Gasteiger partial charge in [0, 0.05) is 26.1 Å². The van der Waals surface area contributed by atoms with E-state index in [4.69, 9.17) is 0 Å². The predicted octanol–water partition coefficient (Wildman–Crippen LogP) is 0.665. The van der Waals surface area contributed by atoms with Gasteiger partial charge in [-0.3, -0.25) is 9.59 Å². The molecule has 2 amide bonds. The summed E-state index contributed by atoms with van der Waals surface area (Å²) in [6.07, 6.45) is 1.34. The maximum absolute atomic E-state index is 12.3. The first kappa shape index (κ1) is 13.5. The number of hydrogen-bond acceptors (Lipinski definition) is 3. The normalized spacial score (nSPS) is 17.0. The molecule has 0 aromatic carbocycles. The third kappa shape index (κ3) is 2.76. The highest BCUT2D eigenvalue weighted by Crippen LogP contribution is 2.28. The van der Waals surface area contributed by atoms with Crippen molar-refractivity contribution in [1.82, 2.24) is 10.2 Å². The van der Waals surface area contributed by atoms with Crippen LogP contribution in [0.1, 0.15) is 33.1 Å². The van der Waals surface area contributed by atoms with E-state index in [2.05, 4.69) is 11.4 Å². The third-order valence-electron chi connectivity index (χ3n) is 3.43. The van der Waals surface area contributed by atoms with Crippen LogP contribution in [-0.4, -0.2) is 36.3 Å². The highest BCUT2D eigenvalue weighted by atomic mass is 16.2. The van der Waals surface area contributed by atoms with Gasteiger partial charge < -0.3 is 10.2 Å². The summed E-state index contributed by atoms with van der Waals surface area (Å²) >= 11 is 0. The summed E-state index contributed by atoms with van der Waals surface area (Å²) in [7, 11) is 0. The van der Waals surface area contributed by atoms with Crippen molar-refractivity contribution in [2.75, 3.05) is 19.6 Å². The van der Waals surface area contributed by atoms with E-state index in [1.807, 2.05) is 13.8 Å². The molecule has 1 aliphatic rings. The van der Waals surface area contributed by atoms with Crippen LogP contribution in [0.15, 0.2) is 0 Å². The lowest BCUT2D eigenvalue weighted by Crippen LogP contribution is -2.44. The average Bonchev–Trinajstić information content (AvgIpc) is 2.57. The van der Waals surface area contributed by atoms with Crippen molar-refractivity contribution in [2.24, 2.45) is 5.41 Å². The van der Waals surface area contributed by atoms with E-state index >= 15 is 0 Å². The van der Waals surface area contributed by atoms with Crippen LogP contribution in [0.3, 0.4) is 0 Å². The Hall–Kier alpha value is -1.57. The molecule has 1 heterocycles. The third-order valence-corrected chi connectivity index (χ3v) is 3.43. The van der Waals surface area contributed by atoms with E-state index < -0.39 is 5.41 Å². The number of nitrogens with one attached hydrogen (secondary N) is 1. The second kappa shape index (κ2) is 5.67. The van der Waals surface area contributed by atoms with Gasteiger partial charge >= 0.3 is 0 Å². The SMILES string of the molecule is CCC(C#N)(CC)C(=O)N1CCNC(=O)CC1. The molecule has 0 atom stereocenters. The summed E-state index contributed by atoms with van der Waals surface area (Å²) in [6.45, 7) is 5.08. The van der Waals surface area contributed by atoms with Gasteiger partial charge in [-0.25, -0.2) is 0 Å². The van der Waals surface area contributed by atoms with Crippen LogP contribution in [0.25, 0.3) is 0 Å². The standard InChI is InChI=1S/C12H19N3O2/c1-3-12(4-2,9-13)11(17)15-7-5-10(16)14-6-8-15/h3-8H2,1-2H3,(H,14,16). The minimum absolute atomic E-state index is 0.0316. The lowest BCUT2D eigenvalue weighted by Gasteiger charge is -2.29. The van der Waals surface area contributed by atoms with Crippen molar-refractivity contribution >= 4 is 11.8 Å². The number of rotatable bonds is 3. The van der Waals surface area contributed by atoms with Gasteiger partial charge in [0.1, 0.15) is 5.41 Å². The van der Waals surface area contributed by atoms with Crippen LogP contribution < -0.4 is 5.32 Å². The maximum atomic E-state index is 12.3. The minimum atomic E-state index is -0.923. The summed E-state index contributed by atoms with van der Waals surface area (Å²) in [4.78, 5) is 25.2. The number of carbonyl (C=O) groups is 2. The van der Waals surface area contributed by atoms with Crippen LogP contribution in [0.5, 0.6) is 0 Å². The Labute approximate surface area is 102 Å². The van der Waals surface area contributed by atoms with E-state index in [0.29, 0.717) is 38.9 Å². The molecule has 0 saturated carbocycles. The molecular weight excluding hydrogens is 218 g/mol. The Morgan fingerprint density at radius 1 is 1.47 bits per heavy atom. The zero-order chi connectivity index (χ0) is 12.9. The Bertz CT molecular complexity index is 342. The zero-order valence-electron chi connectivity index (χ0n) is 10.5. The smallest absolute Gasteiger partial charge is 0.243 e. The molecule has 0 aromatic rings. The predicted molar refractivity (Wildman–Crippen MR) is 62.8 cm³/mol. The summed E-state index contributed by atoms with van der Waals surface area (Å²) in [6, 6.07) is 2.15. The highest BCUT2D eigenvalue weighted by molar-refractivity contribution is 5.86. The highest BCUT2D eigenvalue weighted by Gasteiger charge is 2.38. The van der Waals surface area contributed by atoms with Crippen molar-refractivity contribution in [2.45, 2.75) is 33.1 Å². The number of hydrogen-bond donors (Lipinski definition) is 1. The van der Waals surface area contributed by atoms with Gasteiger partial charge in [-0.1, -0.05) is 13.8 Å². The molecule has 5 heteroatoms. The number of nitriles is 1. The Balaban J connectivity index is 2.81. The number of carbonyl (C=O) groups excluding carboxylic acids is 2. The second-order valence-electron chi connectivity index (χ2n) is 4.29. The van der Waals surface area contributed by atoms with Crippen LogP contribution >= 0.6 is 0 Å². The fourth-order valence-electron chi connectivity index (χ4n) is 2.03. The molecule has 0 unspecified atom stereocenters. The second-order valence-corrected chi connectivity index (χ2v) is 4.29. The molecule has 1 N–H and O–H groups in total. The quantitative estimate of drug-likeness (QED) is 0.783. The van der Waals surface area contributed by atoms with Gasteiger partial charge in [0.05, 0.1) is 6.07 Å². The van der Waals surface area contributed by atoms with Gasteiger partial charge in [-0.15, -0.1) is 0 Å². The zero-order valence-corrected chi connectivity index (χ0v) is 10.5. The molecule has 1 rings (SSSR count). The van der Waals surface area contributed by atoms with Gasteiger partial charge in [-0.05, 0) is 12.8 Å². The van der Waals surface area contributed by atoms with Crippen molar-refractivity contribution in [3.05, 3.63) is 0 Å². The first-order valence-electron chi connectivity index (χ1n) is 6.07. The summed E-state index contributed by atoms with van der Waals surface area (Å²) in [5, 5.41) is 11.9. The van der Waals surface area contributed by atoms with Crippen LogP contribution in [-0.2, 0) is 9.59 Å². The van der Waals surface area contributed by atoms with Crippen LogP contribution in [0.2, 0.25) is 0 Å². The molecule has 0 bridgehead atoms. The Kier molecular flexibility index (Phi) is 4.50. The summed E-state index contributed by atoms with van der Waals surface area (Å²) < 4.78 is 0. The fourth-order valence-corrected chi connectivity index (χ4v) is 2.03. The lowest BCUT2D eigenvalue weighted by molar-refractivity contribution is -0.139. The first-order chi connectivity index (χ1) is 8.09. The largest absolute Gasteiger partial charge is 0.354 e. The van der Waals surface area contributed by atoms with Crippen LogP contribution in [0.4, 0.5) is 0 Å². The van der Waals surface area contributed by atoms with Gasteiger partial charge in [0.2, 0.25) is 11.8 Å². The molecular formula is C12H19N3O2. The van der Waals surface area contributed by atoms with E-state index in [1.54, 1.807) is 4.90 Å². The topological polar surface area (TPSA) is 73.2 Å². The summed E-state index contributed by atoms with van der Waals surface area (Å²) in [5.74, 6) is -0.169. The molecule has 1 aliphatic heterocycles. The van der Waals surface area contributed by atoms with Gasteiger partial charge in [0.15, 0.2) is 0 Å². The molecule has 94 valence electrons. The van der Waals surface area contributed by atoms with E-state index in [-0.39, 0.29) is 11.8 Å². The monoisotopic (exact) mass is 237 g/mol. The van der Waals surface area contributed by atoms with Crippen LogP contribution in [0, 0.1) is 16.7 Å². The van der Waals surface area contributed by atoms with Crippen molar-refractivity contribution in [1.29, 1.82) is 5.26 Å². The molecule has 0 aromatic heterocycles. The molecule has 1 fully saturated rings. The molecule has 0 radical (unpaired) electrons. The van der Waals surface area contributed by atoms with E-state index in [1.165, 1.54) is 0 Å². The molecule has 1 saturated heterocycles. The lowest BCUT2D eigenvalue weighted by atomic mass is 9.82. The Morgan fingerprint density at radius 3 is 2.65 bits per heavy atom. The van der Waals surface area contributed by atoms with E-state index in [9.17, 15) is 14.9 Å². The van der Waals surface area contributed by atoms with Crippen molar-refractivity contribution in [3.8, 4) is 6.07 Å². The average molecular weight is 237 g/mol. The molecule has 5 nitrogen and oxygen atoms in total. The summed E-state index contributed by atoms with van der Waals surface area (Å²) in [5.41, 5.74) is -0.923. The Morgan fingerprint density at radius 2 is 2.12 bits per heavy atom. The van der Waals surface area contributed by atoms with E-state index in [0.717, 1.165) is 0 Å². The number of amides is 2. The molecule has 17 heavy (non-hydrogen) atoms. The van der Waals surface area contributed by atoms with Gasteiger partial charge in [0.25, 0.3) is 0 Å². The fraction of sp³-hybridized carbons (Fsp3) is 0.750. The first-order valence-corrected chi connectivity index (χ1v) is 6.07. The minimum Gasteiger partial charge on any atom is -0.354 e. The molecule has 0 spiro atoms. The maximum Gasteiger partial charge on any atom is 0.243 e. The number of nitrogens with zero attached hydrogens (tertiary/aromatic N) is 2.